The molecule has 4 nitrogen and oxygen atoms in total. The van der Waals surface area contributed by atoms with E-state index < -0.39 is 0 Å². The fraction of sp³-hybridized carbons (Fsp3) is 0.158. The summed E-state index contributed by atoms with van der Waals surface area (Å²) in [4.78, 5) is 19.3. The number of para-hydroxylation sites is 1. The highest BCUT2D eigenvalue weighted by molar-refractivity contribution is 8.18. The number of ether oxygens (including phenoxy) is 1. The van der Waals surface area contributed by atoms with Gasteiger partial charge in [0.05, 0.1) is 17.7 Å². The highest BCUT2D eigenvalue weighted by atomic mass is 32.2. The van der Waals surface area contributed by atoms with Crippen LogP contribution in [0.5, 0.6) is 5.75 Å². The molecule has 3 rings (SSSR count). The molecule has 0 unspecified atom stereocenters. The molecule has 0 atom stereocenters. The first-order valence-electron chi connectivity index (χ1n) is 7.54. The van der Waals surface area contributed by atoms with Gasteiger partial charge in [-0.05, 0) is 60.2 Å². The van der Waals surface area contributed by atoms with Crippen LogP contribution in [0.1, 0.15) is 11.1 Å². The van der Waals surface area contributed by atoms with E-state index >= 15 is 0 Å². The van der Waals surface area contributed by atoms with Crippen molar-refractivity contribution in [2.75, 3.05) is 14.2 Å². The zero-order chi connectivity index (χ0) is 17.1. The fourth-order valence-electron chi connectivity index (χ4n) is 2.34. The third-order valence-electron chi connectivity index (χ3n) is 3.75. The molecule has 1 amide bonds. The van der Waals surface area contributed by atoms with E-state index in [0.29, 0.717) is 10.1 Å². The first kappa shape index (κ1) is 16.3. The minimum atomic E-state index is -0.0371. The zero-order valence-electron chi connectivity index (χ0n) is 13.8. The second-order valence-electron chi connectivity index (χ2n) is 5.43. The molecule has 0 bridgehead atoms. The topological polar surface area (TPSA) is 41.9 Å². The smallest absolute Gasteiger partial charge is 0.266 e. The quantitative estimate of drug-likeness (QED) is 0.786. The van der Waals surface area contributed by atoms with Crippen molar-refractivity contribution in [1.29, 1.82) is 0 Å². The van der Waals surface area contributed by atoms with Gasteiger partial charge >= 0.3 is 0 Å². The van der Waals surface area contributed by atoms with Crippen LogP contribution < -0.4 is 4.74 Å². The standard InChI is InChI=1S/C19H18N2O2S/c1-13-11-16(23-3)10-9-14(13)12-17-18(22)21(2)19(24-17)20-15-7-5-4-6-8-15/h4-12H,1-3H3/b17-12+,20-19?. The lowest BCUT2D eigenvalue weighted by Crippen LogP contribution is -2.23. The van der Waals surface area contributed by atoms with Crippen LogP contribution in [0.15, 0.2) is 58.4 Å². The maximum atomic E-state index is 12.5. The number of hydrogen-bond donors (Lipinski definition) is 0. The number of thioether (sulfide) groups is 1. The summed E-state index contributed by atoms with van der Waals surface area (Å²) >= 11 is 1.39. The Labute approximate surface area is 145 Å². The van der Waals surface area contributed by atoms with Gasteiger partial charge in [0.2, 0.25) is 0 Å². The Bertz CT molecular complexity index is 829. The monoisotopic (exact) mass is 338 g/mol. The molecule has 5 heteroatoms. The summed E-state index contributed by atoms with van der Waals surface area (Å²) in [6.45, 7) is 2.00. The summed E-state index contributed by atoms with van der Waals surface area (Å²) in [5.74, 6) is 0.772. The Morgan fingerprint density at radius 1 is 1.17 bits per heavy atom. The van der Waals surface area contributed by atoms with Gasteiger partial charge in [0.1, 0.15) is 5.75 Å². The number of likely N-dealkylation sites (N-methyl/N-ethyl adjacent to an activating group) is 1. The molecule has 24 heavy (non-hydrogen) atoms. The van der Waals surface area contributed by atoms with Crippen molar-refractivity contribution in [3.05, 3.63) is 64.6 Å². The van der Waals surface area contributed by atoms with Crippen molar-refractivity contribution in [2.45, 2.75) is 6.92 Å². The molecule has 1 fully saturated rings. The van der Waals surface area contributed by atoms with Crippen molar-refractivity contribution < 1.29 is 9.53 Å². The van der Waals surface area contributed by atoms with Gasteiger partial charge < -0.3 is 4.74 Å². The van der Waals surface area contributed by atoms with Gasteiger partial charge in [-0.1, -0.05) is 24.3 Å². The van der Waals surface area contributed by atoms with Gasteiger partial charge in [0, 0.05) is 7.05 Å². The van der Waals surface area contributed by atoms with E-state index in [2.05, 4.69) is 4.99 Å². The number of nitrogens with zero attached hydrogens (tertiary/aromatic N) is 2. The van der Waals surface area contributed by atoms with Gasteiger partial charge in [0.25, 0.3) is 5.91 Å². The van der Waals surface area contributed by atoms with Crippen LogP contribution in [0, 0.1) is 6.92 Å². The molecular weight excluding hydrogens is 320 g/mol. The normalized spacial score (nSPS) is 17.8. The van der Waals surface area contributed by atoms with Crippen molar-refractivity contribution >= 4 is 34.6 Å². The first-order valence-corrected chi connectivity index (χ1v) is 8.36. The Morgan fingerprint density at radius 3 is 2.58 bits per heavy atom. The summed E-state index contributed by atoms with van der Waals surface area (Å²) in [7, 11) is 3.39. The van der Waals surface area contributed by atoms with Gasteiger partial charge in [-0.2, -0.15) is 0 Å². The Morgan fingerprint density at radius 2 is 1.92 bits per heavy atom. The molecule has 0 aliphatic carbocycles. The molecule has 0 N–H and O–H groups in total. The number of hydrogen-bond acceptors (Lipinski definition) is 4. The number of amidine groups is 1. The van der Waals surface area contributed by atoms with Crippen molar-refractivity contribution in [3.8, 4) is 5.75 Å². The second kappa shape index (κ2) is 6.93. The van der Waals surface area contributed by atoms with Crippen molar-refractivity contribution in [1.82, 2.24) is 4.90 Å². The van der Waals surface area contributed by atoms with Crippen molar-refractivity contribution in [2.24, 2.45) is 4.99 Å². The highest BCUT2D eigenvalue weighted by Crippen LogP contribution is 2.33. The molecule has 0 saturated carbocycles. The number of benzene rings is 2. The number of methoxy groups -OCH3 is 1. The first-order chi connectivity index (χ1) is 11.6. The van der Waals surface area contributed by atoms with Crippen LogP contribution in [-0.4, -0.2) is 30.1 Å². The summed E-state index contributed by atoms with van der Waals surface area (Å²) in [6.07, 6.45) is 1.91. The lowest BCUT2D eigenvalue weighted by atomic mass is 10.1. The summed E-state index contributed by atoms with van der Waals surface area (Å²) in [6, 6.07) is 15.4. The molecule has 1 aliphatic heterocycles. The minimum Gasteiger partial charge on any atom is -0.497 e. The van der Waals surface area contributed by atoms with Crippen LogP contribution in [0.2, 0.25) is 0 Å². The number of amides is 1. The average Bonchev–Trinajstić information content (AvgIpc) is 2.85. The van der Waals surface area contributed by atoms with Crippen LogP contribution >= 0.6 is 11.8 Å². The number of rotatable bonds is 3. The number of aryl methyl sites for hydroxylation is 1. The van der Waals surface area contributed by atoms with Gasteiger partial charge in [-0.25, -0.2) is 4.99 Å². The van der Waals surface area contributed by atoms with Crippen LogP contribution in [0.25, 0.3) is 6.08 Å². The zero-order valence-corrected chi connectivity index (χ0v) is 14.6. The molecule has 2 aromatic carbocycles. The lowest BCUT2D eigenvalue weighted by molar-refractivity contribution is -0.121. The maximum absolute atomic E-state index is 12.5. The second-order valence-corrected chi connectivity index (χ2v) is 6.44. The average molecular weight is 338 g/mol. The van der Waals surface area contributed by atoms with E-state index in [0.717, 1.165) is 22.6 Å². The van der Waals surface area contributed by atoms with Gasteiger partial charge in [-0.3, -0.25) is 9.69 Å². The Hall–Kier alpha value is -2.53. The van der Waals surface area contributed by atoms with E-state index in [1.165, 1.54) is 11.8 Å². The minimum absolute atomic E-state index is 0.0371. The van der Waals surface area contributed by atoms with E-state index in [-0.39, 0.29) is 5.91 Å². The van der Waals surface area contributed by atoms with E-state index in [9.17, 15) is 4.79 Å². The predicted octanol–water partition coefficient (Wildman–Crippen LogP) is 4.24. The summed E-state index contributed by atoms with van der Waals surface area (Å²) < 4.78 is 5.22. The number of aliphatic imine (C=N–C) groups is 1. The summed E-state index contributed by atoms with van der Waals surface area (Å²) in [5, 5.41) is 0.684. The molecule has 1 heterocycles. The molecular formula is C19H18N2O2S. The van der Waals surface area contributed by atoms with Crippen LogP contribution in [0.3, 0.4) is 0 Å². The molecule has 1 aliphatic rings. The van der Waals surface area contributed by atoms with Crippen LogP contribution in [-0.2, 0) is 4.79 Å². The Kier molecular flexibility index (Phi) is 4.71. The lowest BCUT2D eigenvalue weighted by Gasteiger charge is -2.07. The third-order valence-corrected chi connectivity index (χ3v) is 4.81. The SMILES string of the molecule is COc1ccc(/C=C2/SC(=Nc3ccccc3)N(C)C2=O)c(C)c1. The number of carbonyl (C=O) groups excluding carboxylic acids is 1. The highest BCUT2D eigenvalue weighted by Gasteiger charge is 2.30. The van der Waals surface area contributed by atoms with E-state index in [4.69, 9.17) is 4.74 Å². The number of carbonyl (C=O) groups is 1. The maximum Gasteiger partial charge on any atom is 0.266 e. The van der Waals surface area contributed by atoms with Gasteiger partial charge in [0.15, 0.2) is 5.17 Å². The molecule has 0 aromatic heterocycles. The molecule has 0 spiro atoms. The van der Waals surface area contributed by atoms with Crippen LogP contribution in [0.4, 0.5) is 5.69 Å². The molecule has 2 aromatic rings. The fourth-order valence-corrected chi connectivity index (χ4v) is 3.32. The van der Waals surface area contributed by atoms with E-state index in [1.807, 2.05) is 61.5 Å². The summed E-state index contributed by atoms with van der Waals surface area (Å²) in [5.41, 5.74) is 2.90. The molecule has 122 valence electrons. The third kappa shape index (κ3) is 3.36. The van der Waals surface area contributed by atoms with E-state index in [1.54, 1.807) is 19.1 Å². The molecule has 1 saturated heterocycles. The molecule has 0 radical (unpaired) electrons. The Balaban J connectivity index is 1.90. The van der Waals surface area contributed by atoms with Gasteiger partial charge in [-0.15, -0.1) is 0 Å². The van der Waals surface area contributed by atoms with Crippen molar-refractivity contribution in [3.63, 3.8) is 0 Å². The predicted molar refractivity (Wildman–Crippen MR) is 99.6 cm³/mol. The largest absolute Gasteiger partial charge is 0.497 e.